The van der Waals surface area contributed by atoms with Gasteiger partial charge in [0.25, 0.3) is 0 Å². The van der Waals surface area contributed by atoms with Gasteiger partial charge in [-0.15, -0.1) is 11.6 Å². The molecule has 2 aliphatic rings. The van der Waals surface area contributed by atoms with Gasteiger partial charge in [0.2, 0.25) is 0 Å². The van der Waals surface area contributed by atoms with Crippen molar-refractivity contribution in [1.82, 2.24) is 0 Å². The van der Waals surface area contributed by atoms with E-state index in [4.69, 9.17) is 16.3 Å². The first-order valence-corrected chi connectivity index (χ1v) is 4.12. The Kier molecular flexibility index (Phi) is 1.58. The molecule has 1 heterocycles. The number of carbonyl (C=O) groups excluding carboxylic acids is 1. The molecule has 0 bridgehead atoms. The van der Waals surface area contributed by atoms with E-state index in [1.165, 1.54) is 0 Å². The standard InChI is InChI=1S/C7H9ClO3/c8-5-1-3-4(6(5)9)2-11-7(3)10/h3-6,9H,1-2H2/t3-,4-,5-,6-/m1/s1. The second-order valence-corrected chi connectivity index (χ2v) is 3.70. The Hall–Kier alpha value is -0.280. The van der Waals surface area contributed by atoms with Gasteiger partial charge < -0.3 is 9.84 Å². The third-order valence-electron chi connectivity index (χ3n) is 2.53. The molecule has 1 saturated heterocycles. The van der Waals surface area contributed by atoms with Crippen LogP contribution in [0.25, 0.3) is 0 Å². The molecule has 0 amide bonds. The first-order chi connectivity index (χ1) is 5.20. The van der Waals surface area contributed by atoms with E-state index < -0.39 is 6.10 Å². The number of ether oxygens (including phenoxy) is 1. The lowest BCUT2D eigenvalue weighted by Crippen LogP contribution is -2.23. The molecule has 4 atom stereocenters. The van der Waals surface area contributed by atoms with Gasteiger partial charge in [-0.3, -0.25) is 4.79 Å². The highest BCUT2D eigenvalue weighted by Crippen LogP contribution is 2.40. The Morgan fingerprint density at radius 2 is 2.36 bits per heavy atom. The molecule has 1 aliphatic heterocycles. The summed E-state index contributed by atoms with van der Waals surface area (Å²) >= 11 is 5.77. The highest BCUT2D eigenvalue weighted by molar-refractivity contribution is 6.21. The van der Waals surface area contributed by atoms with E-state index in [2.05, 4.69) is 0 Å². The van der Waals surface area contributed by atoms with Gasteiger partial charge in [0.15, 0.2) is 0 Å². The zero-order valence-electron chi connectivity index (χ0n) is 5.87. The largest absolute Gasteiger partial charge is 0.465 e. The van der Waals surface area contributed by atoms with Crippen molar-refractivity contribution in [3.05, 3.63) is 0 Å². The fourth-order valence-corrected chi connectivity index (χ4v) is 2.21. The number of aliphatic hydroxyl groups excluding tert-OH is 1. The molecule has 3 nitrogen and oxygen atoms in total. The number of aliphatic hydroxyl groups is 1. The summed E-state index contributed by atoms with van der Waals surface area (Å²) in [6.45, 7) is 0.341. The predicted octanol–water partition coefficient (Wildman–Crippen LogP) is 0.148. The van der Waals surface area contributed by atoms with Crippen molar-refractivity contribution >= 4 is 17.6 Å². The molecular formula is C7H9ClO3. The van der Waals surface area contributed by atoms with E-state index in [-0.39, 0.29) is 23.2 Å². The maximum Gasteiger partial charge on any atom is 0.309 e. The smallest absolute Gasteiger partial charge is 0.309 e. The molecule has 0 aromatic heterocycles. The molecule has 1 saturated carbocycles. The number of hydrogen-bond acceptors (Lipinski definition) is 3. The molecule has 62 valence electrons. The van der Waals surface area contributed by atoms with Crippen LogP contribution in [0.5, 0.6) is 0 Å². The first kappa shape index (κ1) is 7.37. The molecule has 1 N–H and O–H groups in total. The van der Waals surface area contributed by atoms with E-state index in [1.54, 1.807) is 0 Å². The third-order valence-corrected chi connectivity index (χ3v) is 2.96. The predicted molar refractivity (Wildman–Crippen MR) is 38.2 cm³/mol. The minimum atomic E-state index is -0.562. The van der Waals surface area contributed by atoms with Crippen molar-refractivity contribution in [3.8, 4) is 0 Å². The summed E-state index contributed by atoms with van der Waals surface area (Å²) < 4.78 is 4.78. The molecule has 0 radical (unpaired) electrons. The molecule has 2 rings (SSSR count). The third kappa shape index (κ3) is 0.948. The van der Waals surface area contributed by atoms with Crippen LogP contribution in [-0.4, -0.2) is 29.2 Å². The Balaban J connectivity index is 2.18. The number of cyclic esters (lactones) is 1. The topological polar surface area (TPSA) is 46.5 Å². The van der Waals surface area contributed by atoms with Crippen molar-refractivity contribution in [1.29, 1.82) is 0 Å². The zero-order chi connectivity index (χ0) is 8.01. The van der Waals surface area contributed by atoms with Crippen molar-refractivity contribution < 1.29 is 14.6 Å². The maximum absolute atomic E-state index is 11.0. The number of fused-ring (bicyclic) bond motifs is 1. The van der Waals surface area contributed by atoms with Gasteiger partial charge in [-0.1, -0.05) is 0 Å². The molecular weight excluding hydrogens is 168 g/mol. The zero-order valence-corrected chi connectivity index (χ0v) is 6.62. The van der Waals surface area contributed by atoms with Gasteiger partial charge in [-0.25, -0.2) is 0 Å². The molecule has 0 spiro atoms. The van der Waals surface area contributed by atoms with Gasteiger partial charge in [0.05, 0.1) is 24.0 Å². The lowest BCUT2D eigenvalue weighted by atomic mass is 9.99. The summed E-state index contributed by atoms with van der Waals surface area (Å²) in [5, 5.41) is 9.16. The van der Waals surface area contributed by atoms with E-state index in [9.17, 15) is 9.90 Å². The van der Waals surface area contributed by atoms with Crippen LogP contribution in [0.4, 0.5) is 0 Å². The molecule has 0 aromatic carbocycles. The van der Waals surface area contributed by atoms with E-state index in [0.717, 1.165) is 0 Å². The lowest BCUT2D eigenvalue weighted by Gasteiger charge is -2.10. The van der Waals surface area contributed by atoms with E-state index in [0.29, 0.717) is 13.0 Å². The number of alkyl halides is 1. The molecule has 1 aliphatic carbocycles. The average Bonchev–Trinajstić information content (AvgIpc) is 2.43. The van der Waals surface area contributed by atoms with Crippen LogP contribution in [0.3, 0.4) is 0 Å². The first-order valence-electron chi connectivity index (χ1n) is 3.69. The van der Waals surface area contributed by atoms with E-state index >= 15 is 0 Å². The molecule has 2 fully saturated rings. The number of esters is 1. The summed E-state index contributed by atoms with van der Waals surface area (Å²) in [5.41, 5.74) is 0. The Morgan fingerprint density at radius 3 is 3.00 bits per heavy atom. The van der Waals surface area contributed by atoms with Gasteiger partial charge in [0, 0.05) is 5.92 Å². The lowest BCUT2D eigenvalue weighted by molar-refractivity contribution is -0.141. The van der Waals surface area contributed by atoms with Crippen molar-refractivity contribution in [3.63, 3.8) is 0 Å². The van der Waals surface area contributed by atoms with E-state index in [1.807, 2.05) is 0 Å². The van der Waals surface area contributed by atoms with Crippen LogP contribution in [0.15, 0.2) is 0 Å². The van der Waals surface area contributed by atoms with Gasteiger partial charge in [-0.05, 0) is 6.42 Å². The van der Waals surface area contributed by atoms with Gasteiger partial charge in [0.1, 0.15) is 0 Å². The van der Waals surface area contributed by atoms with Crippen LogP contribution >= 0.6 is 11.6 Å². The number of halogens is 1. The fourth-order valence-electron chi connectivity index (χ4n) is 1.83. The van der Waals surface area contributed by atoms with Gasteiger partial charge >= 0.3 is 5.97 Å². The Bertz CT molecular complexity index is 194. The number of hydrogen-bond donors (Lipinski definition) is 1. The Morgan fingerprint density at radius 1 is 1.64 bits per heavy atom. The van der Waals surface area contributed by atoms with Crippen LogP contribution < -0.4 is 0 Å². The summed E-state index contributed by atoms with van der Waals surface area (Å²) in [6.07, 6.45) is -0.000201. The van der Waals surface area contributed by atoms with Crippen molar-refractivity contribution in [2.75, 3.05) is 6.61 Å². The van der Waals surface area contributed by atoms with Crippen LogP contribution in [0.1, 0.15) is 6.42 Å². The quantitative estimate of drug-likeness (QED) is 0.422. The Labute approximate surface area is 69.3 Å². The highest BCUT2D eigenvalue weighted by atomic mass is 35.5. The average molecular weight is 177 g/mol. The van der Waals surface area contributed by atoms with Crippen LogP contribution in [-0.2, 0) is 9.53 Å². The molecule has 0 aromatic rings. The SMILES string of the molecule is O=C1OC[C@H]2[C@@H](O)[C@H](Cl)C[C@@H]12. The molecule has 0 unspecified atom stereocenters. The summed E-state index contributed by atoms with van der Waals surface area (Å²) in [4.78, 5) is 11.0. The normalized spacial score (nSPS) is 49.1. The van der Waals surface area contributed by atoms with Crippen LogP contribution in [0, 0.1) is 11.8 Å². The van der Waals surface area contributed by atoms with Crippen LogP contribution in [0.2, 0.25) is 0 Å². The minimum absolute atomic E-state index is 0.0509. The fraction of sp³-hybridized carbons (Fsp3) is 0.857. The monoisotopic (exact) mass is 176 g/mol. The number of carbonyl (C=O) groups is 1. The second kappa shape index (κ2) is 2.35. The van der Waals surface area contributed by atoms with Gasteiger partial charge in [-0.2, -0.15) is 0 Å². The molecule has 4 heteroatoms. The minimum Gasteiger partial charge on any atom is -0.465 e. The van der Waals surface area contributed by atoms with Crippen molar-refractivity contribution in [2.45, 2.75) is 17.9 Å². The highest BCUT2D eigenvalue weighted by Gasteiger charge is 2.50. The number of rotatable bonds is 0. The summed E-state index contributed by atoms with van der Waals surface area (Å²) in [7, 11) is 0. The summed E-state index contributed by atoms with van der Waals surface area (Å²) in [5.74, 6) is -0.394. The van der Waals surface area contributed by atoms with Crippen molar-refractivity contribution in [2.24, 2.45) is 11.8 Å². The molecule has 11 heavy (non-hydrogen) atoms. The summed E-state index contributed by atoms with van der Waals surface area (Å²) in [6, 6.07) is 0. The maximum atomic E-state index is 11.0. The second-order valence-electron chi connectivity index (χ2n) is 3.14.